The molecule has 2 N–H and O–H groups in total. The average Bonchev–Trinajstić information content (AvgIpc) is 2.13. The first-order valence-corrected chi connectivity index (χ1v) is 4.48. The first-order chi connectivity index (χ1) is 6.93. The summed E-state index contributed by atoms with van der Waals surface area (Å²) in [5.41, 5.74) is 0. The monoisotopic (exact) mass is 214 g/mol. The van der Waals surface area contributed by atoms with Gasteiger partial charge in [-0.1, -0.05) is 0 Å². The Hall–Kier alpha value is -1.72. The van der Waals surface area contributed by atoms with Crippen LogP contribution in [0.2, 0.25) is 0 Å². The SMILES string of the molecule is CC(=O)CCNC(=O)C(=O)NCC(C)=O. The Morgan fingerprint density at radius 3 is 1.87 bits per heavy atom. The van der Waals surface area contributed by atoms with Crippen molar-refractivity contribution in [3.05, 3.63) is 0 Å². The summed E-state index contributed by atoms with van der Waals surface area (Å²) in [6, 6.07) is 0. The molecule has 0 radical (unpaired) electrons. The Bertz CT molecular complexity index is 286. The van der Waals surface area contributed by atoms with Crippen molar-refractivity contribution in [3.63, 3.8) is 0 Å². The van der Waals surface area contributed by atoms with Gasteiger partial charge in [0.2, 0.25) is 0 Å². The van der Waals surface area contributed by atoms with E-state index in [1.165, 1.54) is 13.8 Å². The number of carbonyl (C=O) groups excluding carboxylic acids is 4. The molecule has 0 aliphatic carbocycles. The van der Waals surface area contributed by atoms with Gasteiger partial charge < -0.3 is 10.6 Å². The van der Waals surface area contributed by atoms with Crippen LogP contribution in [-0.2, 0) is 19.2 Å². The van der Waals surface area contributed by atoms with Gasteiger partial charge in [-0.15, -0.1) is 0 Å². The predicted molar refractivity (Wildman–Crippen MR) is 52.0 cm³/mol. The maximum Gasteiger partial charge on any atom is 0.309 e. The molecule has 0 saturated heterocycles. The minimum Gasteiger partial charge on any atom is -0.347 e. The summed E-state index contributed by atoms with van der Waals surface area (Å²) >= 11 is 0. The second kappa shape index (κ2) is 6.69. The molecule has 0 aromatic heterocycles. The third-order valence-electron chi connectivity index (χ3n) is 1.47. The van der Waals surface area contributed by atoms with Crippen LogP contribution in [0.1, 0.15) is 20.3 Å². The highest BCUT2D eigenvalue weighted by molar-refractivity contribution is 6.35. The molecule has 0 bridgehead atoms. The zero-order chi connectivity index (χ0) is 11.8. The molecular formula is C9H14N2O4. The molecule has 0 aliphatic heterocycles. The van der Waals surface area contributed by atoms with Gasteiger partial charge in [0.05, 0.1) is 6.54 Å². The molecule has 0 aliphatic rings. The predicted octanol–water partition coefficient (Wildman–Crippen LogP) is -1.21. The van der Waals surface area contributed by atoms with E-state index >= 15 is 0 Å². The quantitative estimate of drug-likeness (QED) is 0.561. The molecule has 2 amide bonds. The molecule has 0 heterocycles. The van der Waals surface area contributed by atoms with Gasteiger partial charge in [-0.05, 0) is 13.8 Å². The van der Waals surface area contributed by atoms with Crippen molar-refractivity contribution in [1.29, 1.82) is 0 Å². The minimum atomic E-state index is -0.867. The number of carbonyl (C=O) groups is 4. The lowest BCUT2D eigenvalue weighted by Gasteiger charge is -2.03. The lowest BCUT2D eigenvalue weighted by molar-refractivity contribution is -0.139. The fourth-order valence-electron chi connectivity index (χ4n) is 0.717. The summed E-state index contributed by atoms with van der Waals surface area (Å²) in [6.07, 6.45) is 0.186. The van der Waals surface area contributed by atoms with Crippen LogP contribution in [0.3, 0.4) is 0 Å². The van der Waals surface area contributed by atoms with Gasteiger partial charge in [-0.3, -0.25) is 19.2 Å². The van der Waals surface area contributed by atoms with E-state index in [1.807, 2.05) is 0 Å². The molecular weight excluding hydrogens is 200 g/mol. The van der Waals surface area contributed by atoms with Gasteiger partial charge in [-0.2, -0.15) is 0 Å². The average molecular weight is 214 g/mol. The van der Waals surface area contributed by atoms with Crippen molar-refractivity contribution < 1.29 is 19.2 Å². The van der Waals surface area contributed by atoms with Crippen LogP contribution in [0, 0.1) is 0 Å². The summed E-state index contributed by atoms with van der Waals surface area (Å²) in [5, 5.41) is 4.39. The van der Waals surface area contributed by atoms with Gasteiger partial charge in [0.1, 0.15) is 11.6 Å². The van der Waals surface area contributed by atoms with E-state index in [4.69, 9.17) is 0 Å². The fourth-order valence-corrected chi connectivity index (χ4v) is 0.717. The van der Waals surface area contributed by atoms with Crippen LogP contribution in [0.4, 0.5) is 0 Å². The molecule has 0 unspecified atom stereocenters. The third kappa shape index (κ3) is 7.36. The van der Waals surface area contributed by atoms with E-state index in [-0.39, 0.29) is 31.1 Å². The largest absolute Gasteiger partial charge is 0.347 e. The van der Waals surface area contributed by atoms with Crippen LogP contribution >= 0.6 is 0 Å². The van der Waals surface area contributed by atoms with Gasteiger partial charge in [0.25, 0.3) is 0 Å². The van der Waals surface area contributed by atoms with Crippen molar-refractivity contribution >= 4 is 23.4 Å². The summed E-state index contributed by atoms with van der Waals surface area (Å²) in [6.45, 7) is 2.65. The fraction of sp³-hybridized carbons (Fsp3) is 0.556. The minimum absolute atomic E-state index is 0.0700. The molecule has 6 heteroatoms. The second-order valence-electron chi connectivity index (χ2n) is 3.09. The molecule has 0 aromatic rings. The lowest BCUT2D eigenvalue weighted by Crippen LogP contribution is -2.42. The highest BCUT2D eigenvalue weighted by Crippen LogP contribution is 1.78. The van der Waals surface area contributed by atoms with Gasteiger partial charge in [0.15, 0.2) is 0 Å². The number of hydrogen-bond donors (Lipinski definition) is 2. The van der Waals surface area contributed by atoms with Gasteiger partial charge >= 0.3 is 11.8 Å². The smallest absolute Gasteiger partial charge is 0.309 e. The van der Waals surface area contributed by atoms with Crippen LogP contribution < -0.4 is 10.6 Å². The number of ketones is 2. The van der Waals surface area contributed by atoms with Crippen LogP contribution in [0.5, 0.6) is 0 Å². The first kappa shape index (κ1) is 13.3. The highest BCUT2D eigenvalue weighted by atomic mass is 16.2. The van der Waals surface area contributed by atoms with Crippen LogP contribution in [0.25, 0.3) is 0 Å². The van der Waals surface area contributed by atoms with Crippen molar-refractivity contribution in [2.24, 2.45) is 0 Å². The normalized spacial score (nSPS) is 9.20. The Balaban J connectivity index is 3.74. The number of amides is 2. The first-order valence-electron chi connectivity index (χ1n) is 4.48. The maximum absolute atomic E-state index is 11.0. The van der Waals surface area contributed by atoms with Gasteiger partial charge in [-0.25, -0.2) is 0 Å². The van der Waals surface area contributed by atoms with E-state index in [0.29, 0.717) is 0 Å². The lowest BCUT2D eigenvalue weighted by atomic mass is 10.3. The van der Waals surface area contributed by atoms with E-state index in [0.717, 1.165) is 0 Å². The van der Waals surface area contributed by atoms with Gasteiger partial charge in [0, 0.05) is 13.0 Å². The van der Waals surface area contributed by atoms with Crippen LogP contribution in [0.15, 0.2) is 0 Å². The van der Waals surface area contributed by atoms with E-state index in [1.54, 1.807) is 0 Å². The maximum atomic E-state index is 11.0. The molecule has 84 valence electrons. The molecule has 0 fully saturated rings. The number of Topliss-reactive ketones (excluding diaryl/α,β-unsaturated/α-hetero) is 2. The molecule has 0 rings (SSSR count). The zero-order valence-electron chi connectivity index (χ0n) is 8.75. The Morgan fingerprint density at radius 1 is 0.867 bits per heavy atom. The summed E-state index contributed by atoms with van der Waals surface area (Å²) in [7, 11) is 0. The molecule has 0 saturated carbocycles. The summed E-state index contributed by atoms with van der Waals surface area (Å²) < 4.78 is 0. The van der Waals surface area contributed by atoms with Crippen molar-refractivity contribution in [2.75, 3.05) is 13.1 Å². The summed E-state index contributed by atoms with van der Waals surface area (Å²) in [5.74, 6) is -2.01. The second-order valence-corrected chi connectivity index (χ2v) is 3.09. The topological polar surface area (TPSA) is 92.3 Å². The molecule has 15 heavy (non-hydrogen) atoms. The summed E-state index contributed by atoms with van der Waals surface area (Å²) in [4.78, 5) is 43.0. The molecule has 6 nitrogen and oxygen atoms in total. The molecule has 0 atom stereocenters. The van der Waals surface area contributed by atoms with Crippen molar-refractivity contribution in [3.8, 4) is 0 Å². The number of rotatable bonds is 5. The van der Waals surface area contributed by atoms with E-state index in [9.17, 15) is 19.2 Å². The van der Waals surface area contributed by atoms with Crippen molar-refractivity contribution in [1.82, 2.24) is 10.6 Å². The Morgan fingerprint density at radius 2 is 1.40 bits per heavy atom. The number of nitrogens with one attached hydrogen (secondary N) is 2. The number of hydrogen-bond acceptors (Lipinski definition) is 4. The molecule has 0 spiro atoms. The Kier molecular flexibility index (Phi) is 5.92. The van der Waals surface area contributed by atoms with E-state index < -0.39 is 11.8 Å². The van der Waals surface area contributed by atoms with Crippen LogP contribution in [-0.4, -0.2) is 36.5 Å². The third-order valence-corrected chi connectivity index (χ3v) is 1.47. The highest BCUT2D eigenvalue weighted by Gasteiger charge is 2.12. The Labute approximate surface area is 87.4 Å². The zero-order valence-corrected chi connectivity index (χ0v) is 8.75. The standard InChI is InChI=1S/C9H14N2O4/c1-6(12)3-4-10-8(14)9(15)11-5-7(2)13/h3-5H2,1-2H3,(H,10,14)(H,11,15). The molecule has 0 aromatic carbocycles. The van der Waals surface area contributed by atoms with Crippen molar-refractivity contribution in [2.45, 2.75) is 20.3 Å². The van der Waals surface area contributed by atoms with E-state index in [2.05, 4.69) is 10.6 Å².